The maximum Gasteiger partial charge on any atom is 0.211 e. The van der Waals surface area contributed by atoms with Crippen LogP contribution in [0.2, 0.25) is 0 Å². The molecule has 1 aliphatic rings. The van der Waals surface area contributed by atoms with Gasteiger partial charge < -0.3 is 9.64 Å². The molecule has 0 N–H and O–H groups in total. The number of carbonyl (C=O) groups is 1. The summed E-state index contributed by atoms with van der Waals surface area (Å²) in [6.45, 7) is 1.93. The molecule has 3 rings (SSSR count). The van der Waals surface area contributed by atoms with E-state index in [0.29, 0.717) is 43.8 Å². The van der Waals surface area contributed by atoms with Gasteiger partial charge >= 0.3 is 0 Å². The molecule has 0 amide bonds. The molecule has 1 heterocycles. The van der Waals surface area contributed by atoms with E-state index in [1.807, 2.05) is 30.3 Å². The Morgan fingerprint density at radius 2 is 1.75 bits per heavy atom. The number of aldehydes is 1. The van der Waals surface area contributed by atoms with Gasteiger partial charge in [0.25, 0.3) is 0 Å². The molecule has 8 heteroatoms. The van der Waals surface area contributed by atoms with Crippen molar-refractivity contribution in [2.24, 2.45) is 0 Å². The summed E-state index contributed by atoms with van der Waals surface area (Å²) in [6, 6.07) is 15.0. The molecule has 1 aliphatic heterocycles. The van der Waals surface area contributed by atoms with E-state index in [1.165, 1.54) is 10.6 Å². The third-order valence-corrected chi connectivity index (χ3v) is 5.93. The zero-order chi connectivity index (χ0) is 20.1. The highest BCUT2D eigenvalue weighted by molar-refractivity contribution is 7.88. The number of ether oxygens (including phenoxy) is 1. The second-order valence-corrected chi connectivity index (χ2v) is 8.51. The van der Waals surface area contributed by atoms with E-state index < -0.39 is 10.0 Å². The Morgan fingerprint density at radius 1 is 1.07 bits per heavy atom. The van der Waals surface area contributed by atoms with Crippen molar-refractivity contribution in [1.82, 2.24) is 4.31 Å². The van der Waals surface area contributed by atoms with Crippen molar-refractivity contribution in [3.05, 3.63) is 48.0 Å². The Labute approximate surface area is 164 Å². The Kier molecular flexibility index (Phi) is 5.97. The topological polar surface area (TPSA) is 90.7 Å². The summed E-state index contributed by atoms with van der Waals surface area (Å²) in [7, 11) is -3.19. The lowest BCUT2D eigenvalue weighted by molar-refractivity contribution is -0.109. The van der Waals surface area contributed by atoms with Gasteiger partial charge in [-0.3, -0.25) is 4.79 Å². The highest BCUT2D eigenvalue weighted by atomic mass is 32.2. The largest absolute Gasteiger partial charge is 0.486 e. The Balaban J connectivity index is 1.90. The monoisotopic (exact) mass is 399 g/mol. The van der Waals surface area contributed by atoms with Crippen molar-refractivity contribution in [2.75, 3.05) is 43.9 Å². The summed E-state index contributed by atoms with van der Waals surface area (Å²) >= 11 is 0. The van der Waals surface area contributed by atoms with Gasteiger partial charge in [-0.15, -0.1) is 0 Å². The first-order chi connectivity index (χ1) is 13.4. The minimum absolute atomic E-state index is 0.0435. The predicted molar refractivity (Wildman–Crippen MR) is 107 cm³/mol. The highest BCUT2D eigenvalue weighted by Crippen LogP contribution is 2.31. The van der Waals surface area contributed by atoms with E-state index in [1.54, 1.807) is 12.1 Å². The summed E-state index contributed by atoms with van der Waals surface area (Å²) in [5.41, 5.74) is 3.30. The maximum atomic E-state index is 11.7. The molecule has 0 spiro atoms. The first kappa shape index (κ1) is 19.9. The van der Waals surface area contributed by atoms with Crippen molar-refractivity contribution < 1.29 is 17.9 Å². The Bertz CT molecular complexity index is 989. The number of sulfonamides is 1. The quantitative estimate of drug-likeness (QED) is 0.689. The summed E-state index contributed by atoms with van der Waals surface area (Å²) < 4.78 is 30.4. The lowest BCUT2D eigenvalue weighted by atomic mass is 10.0. The molecule has 2 aromatic rings. The number of anilines is 1. The lowest BCUT2D eigenvalue weighted by Gasteiger charge is -2.35. The number of nitrogens with zero attached hydrogens (tertiary/aromatic N) is 3. The standard InChI is InChI=1S/C20H21N3O4S/c1-28(25,26)23-8-6-22(7-9-23)19-12-18(13-20(14-19)27-11-10-24)17-4-2-16(15-21)3-5-17/h2-5,10,12-14H,6-9,11H2,1H3. The van der Waals surface area contributed by atoms with Crippen molar-refractivity contribution in [3.63, 3.8) is 0 Å². The lowest BCUT2D eigenvalue weighted by Crippen LogP contribution is -2.48. The first-order valence-electron chi connectivity index (χ1n) is 8.83. The van der Waals surface area contributed by atoms with Crippen LogP contribution in [0.5, 0.6) is 5.75 Å². The van der Waals surface area contributed by atoms with E-state index in [9.17, 15) is 13.2 Å². The van der Waals surface area contributed by atoms with Gasteiger partial charge in [-0.05, 0) is 35.4 Å². The summed E-state index contributed by atoms with van der Waals surface area (Å²) in [6.07, 6.45) is 1.92. The maximum absolute atomic E-state index is 11.7. The van der Waals surface area contributed by atoms with Crippen molar-refractivity contribution >= 4 is 22.0 Å². The highest BCUT2D eigenvalue weighted by Gasteiger charge is 2.24. The fourth-order valence-corrected chi connectivity index (χ4v) is 3.99. The number of rotatable bonds is 6. The van der Waals surface area contributed by atoms with Crippen LogP contribution in [0.25, 0.3) is 11.1 Å². The summed E-state index contributed by atoms with van der Waals surface area (Å²) in [5, 5.41) is 8.98. The van der Waals surface area contributed by atoms with Crippen molar-refractivity contribution in [1.29, 1.82) is 5.26 Å². The van der Waals surface area contributed by atoms with Gasteiger partial charge in [-0.25, -0.2) is 8.42 Å². The van der Waals surface area contributed by atoms with Gasteiger partial charge in [0.15, 0.2) is 6.29 Å². The molecule has 2 aromatic carbocycles. The predicted octanol–water partition coefficient (Wildman–Crippen LogP) is 1.88. The number of carbonyl (C=O) groups excluding carboxylic acids is 1. The molecule has 0 atom stereocenters. The van der Waals surface area contributed by atoms with E-state index in [-0.39, 0.29) is 6.61 Å². The van der Waals surface area contributed by atoms with Crippen LogP contribution in [0.15, 0.2) is 42.5 Å². The van der Waals surface area contributed by atoms with Crippen LogP contribution in [0.1, 0.15) is 5.56 Å². The van der Waals surface area contributed by atoms with Crippen LogP contribution < -0.4 is 9.64 Å². The van der Waals surface area contributed by atoms with E-state index in [2.05, 4.69) is 11.0 Å². The van der Waals surface area contributed by atoms with Gasteiger partial charge in [0.05, 0.1) is 17.9 Å². The summed E-state index contributed by atoms with van der Waals surface area (Å²) in [4.78, 5) is 12.8. The normalized spacial score (nSPS) is 15.1. The zero-order valence-electron chi connectivity index (χ0n) is 15.5. The number of piperazine rings is 1. The molecule has 28 heavy (non-hydrogen) atoms. The average Bonchev–Trinajstić information content (AvgIpc) is 2.71. The Morgan fingerprint density at radius 3 is 2.32 bits per heavy atom. The van der Waals surface area contributed by atoms with E-state index in [4.69, 9.17) is 10.00 Å². The third-order valence-electron chi connectivity index (χ3n) is 4.63. The van der Waals surface area contributed by atoms with Crippen LogP contribution in [0.4, 0.5) is 5.69 Å². The summed E-state index contributed by atoms with van der Waals surface area (Å²) in [5.74, 6) is 0.564. The van der Waals surface area contributed by atoms with Gasteiger partial charge in [0.1, 0.15) is 12.4 Å². The third kappa shape index (κ3) is 4.68. The van der Waals surface area contributed by atoms with Crippen LogP contribution in [0.3, 0.4) is 0 Å². The molecule has 0 aliphatic carbocycles. The molecule has 0 bridgehead atoms. The number of hydrogen-bond donors (Lipinski definition) is 0. The van der Waals surface area contributed by atoms with Crippen molar-refractivity contribution in [3.8, 4) is 22.9 Å². The second-order valence-electron chi connectivity index (χ2n) is 6.53. The molecule has 1 saturated heterocycles. The van der Waals surface area contributed by atoms with Gasteiger partial charge in [-0.1, -0.05) is 12.1 Å². The SMILES string of the molecule is CS(=O)(=O)N1CCN(c2cc(OCC=O)cc(-c3ccc(C#N)cc3)c2)CC1. The van der Waals surface area contributed by atoms with Gasteiger partial charge in [0, 0.05) is 37.9 Å². The van der Waals surface area contributed by atoms with E-state index >= 15 is 0 Å². The van der Waals surface area contributed by atoms with Crippen LogP contribution >= 0.6 is 0 Å². The average molecular weight is 399 g/mol. The fourth-order valence-electron chi connectivity index (χ4n) is 3.16. The number of benzene rings is 2. The minimum atomic E-state index is -3.19. The molecule has 0 saturated carbocycles. The number of hydrogen-bond acceptors (Lipinski definition) is 6. The molecule has 1 fully saturated rings. The van der Waals surface area contributed by atoms with Crippen LogP contribution in [-0.2, 0) is 14.8 Å². The molecule has 0 unspecified atom stereocenters. The van der Waals surface area contributed by atoms with Crippen LogP contribution in [0, 0.1) is 11.3 Å². The Hall–Kier alpha value is -2.89. The molecule has 146 valence electrons. The molecular weight excluding hydrogens is 378 g/mol. The smallest absolute Gasteiger partial charge is 0.211 e. The molecule has 7 nitrogen and oxygen atoms in total. The molecule has 0 aromatic heterocycles. The first-order valence-corrected chi connectivity index (χ1v) is 10.7. The van der Waals surface area contributed by atoms with Gasteiger partial charge in [0.2, 0.25) is 10.0 Å². The van der Waals surface area contributed by atoms with Gasteiger partial charge in [-0.2, -0.15) is 9.57 Å². The van der Waals surface area contributed by atoms with Crippen LogP contribution in [-0.4, -0.2) is 58.1 Å². The van der Waals surface area contributed by atoms with Crippen molar-refractivity contribution in [2.45, 2.75) is 0 Å². The second kappa shape index (κ2) is 8.42. The molecule has 0 radical (unpaired) electrons. The van der Waals surface area contributed by atoms with E-state index in [0.717, 1.165) is 16.8 Å². The fraction of sp³-hybridized carbons (Fsp3) is 0.300. The number of nitriles is 1. The molecular formula is C20H21N3O4S. The zero-order valence-corrected chi connectivity index (χ0v) is 16.4. The minimum Gasteiger partial charge on any atom is -0.486 e.